The standard InChI is InChI=1S/C15H28N2O3/c1-4-9-14(2,3)16-13(20)17-15(12(18)19)10-7-5-6-8-11-15/h4-11H2,1-3H3,(H,18,19)(H2,16,17,20). The Kier molecular flexibility index (Phi) is 5.84. The highest BCUT2D eigenvalue weighted by Gasteiger charge is 2.40. The first-order chi connectivity index (χ1) is 9.31. The molecule has 0 spiro atoms. The van der Waals surface area contributed by atoms with Crippen LogP contribution in [0.25, 0.3) is 0 Å². The lowest BCUT2D eigenvalue weighted by atomic mass is 9.90. The van der Waals surface area contributed by atoms with Crippen LogP contribution in [-0.4, -0.2) is 28.2 Å². The molecule has 0 aliphatic heterocycles. The maximum atomic E-state index is 12.1. The fourth-order valence-corrected chi connectivity index (χ4v) is 2.97. The second-order valence-electron chi connectivity index (χ2n) is 6.51. The van der Waals surface area contributed by atoms with Crippen LogP contribution in [-0.2, 0) is 4.79 Å². The molecule has 0 aromatic carbocycles. The van der Waals surface area contributed by atoms with E-state index in [-0.39, 0.29) is 11.6 Å². The van der Waals surface area contributed by atoms with Crippen LogP contribution in [0.1, 0.15) is 72.1 Å². The van der Waals surface area contributed by atoms with Crippen molar-refractivity contribution in [3.63, 3.8) is 0 Å². The molecule has 1 aliphatic carbocycles. The molecule has 0 aromatic rings. The molecule has 0 radical (unpaired) electrons. The number of rotatable bonds is 5. The first kappa shape index (κ1) is 16.8. The van der Waals surface area contributed by atoms with Crippen LogP contribution in [0.3, 0.4) is 0 Å². The van der Waals surface area contributed by atoms with Crippen LogP contribution in [0, 0.1) is 0 Å². The summed E-state index contributed by atoms with van der Waals surface area (Å²) in [4.78, 5) is 23.8. The smallest absolute Gasteiger partial charge is 0.329 e. The van der Waals surface area contributed by atoms with Gasteiger partial charge in [0.25, 0.3) is 0 Å². The van der Waals surface area contributed by atoms with Crippen molar-refractivity contribution in [2.75, 3.05) is 0 Å². The number of urea groups is 1. The van der Waals surface area contributed by atoms with E-state index in [2.05, 4.69) is 17.6 Å². The van der Waals surface area contributed by atoms with E-state index in [0.717, 1.165) is 38.5 Å². The van der Waals surface area contributed by atoms with Crippen LogP contribution in [0.2, 0.25) is 0 Å². The van der Waals surface area contributed by atoms with Gasteiger partial charge in [-0.05, 0) is 33.1 Å². The number of nitrogens with one attached hydrogen (secondary N) is 2. The van der Waals surface area contributed by atoms with E-state index >= 15 is 0 Å². The van der Waals surface area contributed by atoms with Crippen LogP contribution in [0.4, 0.5) is 4.79 Å². The molecule has 0 bridgehead atoms. The maximum absolute atomic E-state index is 12.1. The number of carboxylic acid groups (broad SMARTS) is 1. The number of carbonyl (C=O) groups excluding carboxylic acids is 1. The van der Waals surface area contributed by atoms with Gasteiger partial charge in [-0.15, -0.1) is 0 Å². The number of carbonyl (C=O) groups is 2. The molecule has 1 rings (SSSR count). The second-order valence-corrected chi connectivity index (χ2v) is 6.51. The van der Waals surface area contributed by atoms with Crippen molar-refractivity contribution in [3.8, 4) is 0 Å². The van der Waals surface area contributed by atoms with Gasteiger partial charge in [-0.3, -0.25) is 0 Å². The summed E-state index contributed by atoms with van der Waals surface area (Å²) in [5, 5.41) is 15.1. The molecule has 2 amide bonds. The first-order valence-electron chi connectivity index (χ1n) is 7.65. The summed E-state index contributed by atoms with van der Waals surface area (Å²) >= 11 is 0. The first-order valence-corrected chi connectivity index (χ1v) is 7.65. The van der Waals surface area contributed by atoms with E-state index in [1.807, 2.05) is 13.8 Å². The second kappa shape index (κ2) is 6.95. The maximum Gasteiger partial charge on any atom is 0.329 e. The highest BCUT2D eigenvalue weighted by Crippen LogP contribution is 2.27. The molecule has 0 unspecified atom stereocenters. The van der Waals surface area contributed by atoms with Gasteiger partial charge in [-0.25, -0.2) is 9.59 Å². The fraction of sp³-hybridized carbons (Fsp3) is 0.867. The normalized spacial score (nSPS) is 18.9. The molecule has 3 N–H and O–H groups in total. The van der Waals surface area contributed by atoms with Crippen molar-refractivity contribution in [2.45, 2.75) is 83.2 Å². The molecule has 0 atom stereocenters. The predicted molar refractivity (Wildman–Crippen MR) is 78.7 cm³/mol. The van der Waals surface area contributed by atoms with Crippen LogP contribution < -0.4 is 10.6 Å². The van der Waals surface area contributed by atoms with Crippen LogP contribution >= 0.6 is 0 Å². The molecule has 0 saturated heterocycles. The van der Waals surface area contributed by atoms with Crippen molar-refractivity contribution in [2.24, 2.45) is 0 Å². The topological polar surface area (TPSA) is 78.4 Å². The molecule has 0 heterocycles. The van der Waals surface area contributed by atoms with E-state index in [1.54, 1.807) is 0 Å². The molecule has 1 saturated carbocycles. The zero-order chi connectivity index (χ0) is 15.2. The van der Waals surface area contributed by atoms with Crippen molar-refractivity contribution < 1.29 is 14.7 Å². The summed E-state index contributed by atoms with van der Waals surface area (Å²) in [6, 6.07) is -0.368. The number of aliphatic carboxylic acids is 1. The highest BCUT2D eigenvalue weighted by molar-refractivity contribution is 5.86. The third-order valence-corrected chi connectivity index (χ3v) is 4.05. The lowest BCUT2D eigenvalue weighted by molar-refractivity contribution is -0.145. The van der Waals surface area contributed by atoms with Gasteiger partial charge in [0.1, 0.15) is 5.54 Å². The predicted octanol–water partition coefficient (Wildman–Crippen LogP) is 3.04. The van der Waals surface area contributed by atoms with Crippen molar-refractivity contribution in [1.29, 1.82) is 0 Å². The Morgan fingerprint density at radius 1 is 1.15 bits per heavy atom. The molecule has 20 heavy (non-hydrogen) atoms. The van der Waals surface area contributed by atoms with E-state index in [0.29, 0.717) is 12.8 Å². The molecule has 1 aliphatic rings. The van der Waals surface area contributed by atoms with Gasteiger partial charge in [0.05, 0.1) is 0 Å². The quantitative estimate of drug-likeness (QED) is 0.679. The monoisotopic (exact) mass is 284 g/mol. The van der Waals surface area contributed by atoms with Crippen molar-refractivity contribution >= 4 is 12.0 Å². The highest BCUT2D eigenvalue weighted by atomic mass is 16.4. The molecule has 5 nitrogen and oxygen atoms in total. The molecule has 116 valence electrons. The summed E-state index contributed by atoms with van der Waals surface area (Å²) in [5.74, 6) is -0.914. The van der Waals surface area contributed by atoms with E-state index in [9.17, 15) is 14.7 Å². The lowest BCUT2D eigenvalue weighted by Crippen LogP contribution is -2.59. The summed E-state index contributed by atoms with van der Waals surface area (Å²) in [7, 11) is 0. The van der Waals surface area contributed by atoms with Gasteiger partial charge in [-0.2, -0.15) is 0 Å². The Hall–Kier alpha value is -1.26. The van der Waals surface area contributed by atoms with Crippen molar-refractivity contribution in [3.05, 3.63) is 0 Å². The van der Waals surface area contributed by atoms with Gasteiger partial charge in [-0.1, -0.05) is 39.0 Å². The summed E-state index contributed by atoms with van der Waals surface area (Å²) in [5.41, 5.74) is -1.41. The summed E-state index contributed by atoms with van der Waals surface area (Å²) in [6.07, 6.45) is 6.65. The van der Waals surface area contributed by atoms with Crippen LogP contribution in [0.5, 0.6) is 0 Å². The SMILES string of the molecule is CCCC(C)(C)NC(=O)NC1(C(=O)O)CCCCCC1. The minimum atomic E-state index is -1.09. The lowest BCUT2D eigenvalue weighted by Gasteiger charge is -2.32. The largest absolute Gasteiger partial charge is 0.480 e. The minimum Gasteiger partial charge on any atom is -0.480 e. The average molecular weight is 284 g/mol. The average Bonchev–Trinajstić information content (AvgIpc) is 2.54. The van der Waals surface area contributed by atoms with E-state index < -0.39 is 11.5 Å². The molecule has 1 fully saturated rings. The van der Waals surface area contributed by atoms with E-state index in [4.69, 9.17) is 0 Å². The number of hydrogen-bond acceptors (Lipinski definition) is 2. The Balaban J connectivity index is 2.70. The zero-order valence-corrected chi connectivity index (χ0v) is 12.9. The third kappa shape index (κ3) is 4.69. The number of hydrogen-bond donors (Lipinski definition) is 3. The fourth-order valence-electron chi connectivity index (χ4n) is 2.97. The third-order valence-electron chi connectivity index (χ3n) is 4.05. The van der Waals surface area contributed by atoms with E-state index in [1.165, 1.54) is 0 Å². The molecular formula is C15H28N2O3. The zero-order valence-electron chi connectivity index (χ0n) is 12.9. The Morgan fingerprint density at radius 2 is 1.70 bits per heavy atom. The van der Waals surface area contributed by atoms with Gasteiger partial charge in [0.2, 0.25) is 0 Å². The van der Waals surface area contributed by atoms with Gasteiger partial charge in [0, 0.05) is 5.54 Å². The number of amides is 2. The Bertz CT molecular complexity index is 345. The number of carboxylic acids is 1. The summed E-state index contributed by atoms with van der Waals surface area (Å²) in [6.45, 7) is 5.97. The van der Waals surface area contributed by atoms with Crippen molar-refractivity contribution in [1.82, 2.24) is 10.6 Å². The minimum absolute atomic E-state index is 0.316. The summed E-state index contributed by atoms with van der Waals surface area (Å²) < 4.78 is 0. The van der Waals surface area contributed by atoms with Gasteiger partial charge >= 0.3 is 12.0 Å². The molecule has 5 heteroatoms. The molecule has 0 aromatic heterocycles. The van der Waals surface area contributed by atoms with Gasteiger partial charge in [0.15, 0.2) is 0 Å². The van der Waals surface area contributed by atoms with Gasteiger partial charge < -0.3 is 15.7 Å². The van der Waals surface area contributed by atoms with Crippen LogP contribution in [0.15, 0.2) is 0 Å². The Labute approximate surface area is 121 Å². The Morgan fingerprint density at radius 3 is 2.15 bits per heavy atom. The molecular weight excluding hydrogens is 256 g/mol.